The molecule has 0 aliphatic carbocycles. The number of aromatic nitrogens is 3. The quantitative estimate of drug-likeness (QED) is 0.647. The molecule has 3 aromatic rings. The Morgan fingerprint density at radius 3 is 2.59 bits per heavy atom. The number of piperidine rings is 1. The zero-order chi connectivity index (χ0) is 19.9. The zero-order valence-corrected chi connectivity index (χ0v) is 16.3. The van der Waals surface area contributed by atoms with Crippen LogP contribution in [0.4, 0.5) is 0 Å². The molecule has 2 heterocycles. The first-order valence-electron chi connectivity index (χ1n) is 9.94. The Balaban J connectivity index is 1.26. The first kappa shape index (κ1) is 19.1. The Bertz CT molecular complexity index is 918. The summed E-state index contributed by atoms with van der Waals surface area (Å²) < 4.78 is 7.60. The molecule has 1 amide bonds. The lowest BCUT2D eigenvalue weighted by Gasteiger charge is -2.22. The third-order valence-corrected chi connectivity index (χ3v) is 5.05. The van der Waals surface area contributed by atoms with E-state index < -0.39 is 0 Å². The number of rotatable bonds is 7. The van der Waals surface area contributed by atoms with Crippen molar-refractivity contribution in [2.45, 2.75) is 32.0 Å². The Morgan fingerprint density at radius 1 is 1.07 bits per heavy atom. The van der Waals surface area contributed by atoms with Crippen LogP contribution < -0.4 is 15.4 Å². The van der Waals surface area contributed by atoms with Crippen molar-refractivity contribution in [1.82, 2.24) is 25.6 Å². The van der Waals surface area contributed by atoms with Crippen LogP contribution in [0.25, 0.3) is 0 Å². The highest BCUT2D eigenvalue weighted by Gasteiger charge is 2.18. The Kier molecular flexibility index (Phi) is 6.16. The summed E-state index contributed by atoms with van der Waals surface area (Å²) in [5.74, 6) is 0.587. The van der Waals surface area contributed by atoms with Crippen molar-refractivity contribution in [3.8, 4) is 5.75 Å². The van der Waals surface area contributed by atoms with E-state index in [1.165, 1.54) is 0 Å². The van der Waals surface area contributed by atoms with E-state index in [1.807, 2.05) is 59.3 Å². The van der Waals surface area contributed by atoms with E-state index in [2.05, 4.69) is 20.9 Å². The van der Waals surface area contributed by atoms with Gasteiger partial charge >= 0.3 is 0 Å². The number of carbonyl (C=O) groups excluding carboxylic acids is 1. The largest absolute Gasteiger partial charge is 0.489 e. The normalized spacial score (nSPS) is 14.5. The van der Waals surface area contributed by atoms with Gasteiger partial charge in [-0.15, -0.1) is 5.10 Å². The lowest BCUT2D eigenvalue weighted by molar-refractivity contribution is 0.0946. The molecular weight excluding hydrogens is 366 g/mol. The number of hydrogen-bond acceptors (Lipinski definition) is 5. The number of nitrogens with zero attached hydrogens (tertiary/aromatic N) is 3. The van der Waals surface area contributed by atoms with Crippen LogP contribution in [0.1, 0.15) is 40.5 Å². The van der Waals surface area contributed by atoms with Gasteiger partial charge in [0, 0.05) is 6.54 Å². The summed E-state index contributed by atoms with van der Waals surface area (Å²) >= 11 is 0. The van der Waals surface area contributed by atoms with Gasteiger partial charge in [-0.2, -0.15) is 0 Å². The lowest BCUT2D eigenvalue weighted by atomic mass is 10.1. The van der Waals surface area contributed by atoms with Crippen molar-refractivity contribution in [1.29, 1.82) is 0 Å². The number of hydrogen-bond donors (Lipinski definition) is 2. The summed E-state index contributed by atoms with van der Waals surface area (Å²) in [6.07, 6.45) is 3.75. The molecule has 1 aliphatic heterocycles. The second kappa shape index (κ2) is 9.34. The average molecular weight is 391 g/mol. The van der Waals surface area contributed by atoms with Crippen LogP contribution in [0.15, 0.2) is 60.8 Å². The van der Waals surface area contributed by atoms with Crippen LogP contribution in [-0.2, 0) is 13.2 Å². The molecular formula is C22H25N5O2. The van der Waals surface area contributed by atoms with Gasteiger partial charge in [0.15, 0.2) is 5.69 Å². The predicted molar refractivity (Wildman–Crippen MR) is 110 cm³/mol. The fourth-order valence-electron chi connectivity index (χ4n) is 3.35. The number of nitrogens with one attached hydrogen (secondary N) is 2. The molecule has 2 aromatic carbocycles. The molecule has 0 atom stereocenters. The van der Waals surface area contributed by atoms with E-state index >= 15 is 0 Å². The van der Waals surface area contributed by atoms with Crippen molar-refractivity contribution < 1.29 is 9.53 Å². The van der Waals surface area contributed by atoms with Gasteiger partial charge in [-0.1, -0.05) is 47.7 Å². The van der Waals surface area contributed by atoms with Gasteiger partial charge in [-0.25, -0.2) is 4.68 Å². The molecule has 0 spiro atoms. The maximum absolute atomic E-state index is 12.4. The standard InChI is InChI=1S/C22H25N5O2/c28-22(21-15-27(26-25-21)19-10-12-23-13-11-19)24-14-17-6-8-20(9-7-17)29-16-18-4-2-1-3-5-18/h1-9,15,19,23H,10-14,16H2,(H,24,28). The molecule has 150 valence electrons. The van der Waals surface area contributed by atoms with E-state index in [4.69, 9.17) is 4.74 Å². The van der Waals surface area contributed by atoms with Crippen LogP contribution in [0.3, 0.4) is 0 Å². The minimum atomic E-state index is -0.213. The molecule has 1 aromatic heterocycles. The Labute approximate surface area is 170 Å². The highest BCUT2D eigenvalue weighted by Crippen LogP contribution is 2.17. The Morgan fingerprint density at radius 2 is 1.83 bits per heavy atom. The second-order valence-corrected chi connectivity index (χ2v) is 7.17. The molecule has 7 nitrogen and oxygen atoms in total. The van der Waals surface area contributed by atoms with Gasteiger partial charge < -0.3 is 15.4 Å². The van der Waals surface area contributed by atoms with Crippen LogP contribution in [0.5, 0.6) is 5.75 Å². The van der Waals surface area contributed by atoms with Gasteiger partial charge in [0.25, 0.3) is 5.91 Å². The lowest BCUT2D eigenvalue weighted by Crippen LogP contribution is -2.29. The van der Waals surface area contributed by atoms with Crippen molar-refractivity contribution in [3.05, 3.63) is 77.6 Å². The predicted octanol–water partition coefficient (Wildman–Crippen LogP) is 2.71. The smallest absolute Gasteiger partial charge is 0.273 e. The van der Waals surface area contributed by atoms with Crippen molar-refractivity contribution in [3.63, 3.8) is 0 Å². The molecule has 7 heteroatoms. The topological polar surface area (TPSA) is 81.1 Å². The molecule has 0 bridgehead atoms. The molecule has 1 aliphatic rings. The molecule has 29 heavy (non-hydrogen) atoms. The van der Waals surface area contributed by atoms with E-state index in [0.717, 1.165) is 42.8 Å². The van der Waals surface area contributed by atoms with Gasteiger partial charge in [0.1, 0.15) is 12.4 Å². The molecule has 1 saturated heterocycles. The number of benzene rings is 2. The number of ether oxygens (including phenoxy) is 1. The van der Waals surface area contributed by atoms with Crippen LogP contribution in [-0.4, -0.2) is 34.0 Å². The maximum Gasteiger partial charge on any atom is 0.273 e. The van der Waals surface area contributed by atoms with Crippen LogP contribution >= 0.6 is 0 Å². The zero-order valence-electron chi connectivity index (χ0n) is 16.3. The molecule has 0 saturated carbocycles. The summed E-state index contributed by atoms with van der Waals surface area (Å²) in [6.45, 7) is 2.90. The maximum atomic E-state index is 12.4. The fraction of sp³-hybridized carbons (Fsp3) is 0.318. The van der Waals surface area contributed by atoms with E-state index in [0.29, 0.717) is 24.9 Å². The second-order valence-electron chi connectivity index (χ2n) is 7.17. The summed E-state index contributed by atoms with van der Waals surface area (Å²) in [5, 5.41) is 14.4. The summed E-state index contributed by atoms with van der Waals surface area (Å²) in [7, 11) is 0. The van der Waals surface area contributed by atoms with E-state index in [-0.39, 0.29) is 5.91 Å². The number of carbonyl (C=O) groups is 1. The first-order chi connectivity index (χ1) is 14.3. The van der Waals surface area contributed by atoms with Crippen molar-refractivity contribution >= 4 is 5.91 Å². The molecule has 2 N–H and O–H groups in total. The summed E-state index contributed by atoms with van der Waals surface area (Å²) in [6, 6.07) is 18.1. The van der Waals surface area contributed by atoms with Gasteiger partial charge in [0.2, 0.25) is 0 Å². The third-order valence-electron chi connectivity index (χ3n) is 5.05. The SMILES string of the molecule is O=C(NCc1ccc(OCc2ccccc2)cc1)c1cn(C2CCNCC2)nn1. The minimum Gasteiger partial charge on any atom is -0.489 e. The van der Waals surface area contributed by atoms with Gasteiger partial charge in [-0.05, 0) is 49.2 Å². The molecule has 4 rings (SSSR count). The van der Waals surface area contributed by atoms with Gasteiger partial charge in [-0.3, -0.25) is 4.79 Å². The Hall–Kier alpha value is -3.19. The average Bonchev–Trinajstić information content (AvgIpc) is 3.29. The minimum absolute atomic E-state index is 0.213. The molecule has 0 radical (unpaired) electrons. The van der Waals surface area contributed by atoms with Crippen LogP contribution in [0.2, 0.25) is 0 Å². The number of amides is 1. The van der Waals surface area contributed by atoms with E-state index in [1.54, 1.807) is 6.20 Å². The highest BCUT2D eigenvalue weighted by molar-refractivity contribution is 5.91. The highest BCUT2D eigenvalue weighted by atomic mass is 16.5. The first-order valence-corrected chi connectivity index (χ1v) is 9.94. The molecule has 1 fully saturated rings. The van der Waals surface area contributed by atoms with Crippen LogP contribution in [0, 0.1) is 0 Å². The van der Waals surface area contributed by atoms with Crippen molar-refractivity contribution in [2.75, 3.05) is 13.1 Å². The summed E-state index contributed by atoms with van der Waals surface area (Å²) in [5.41, 5.74) is 2.48. The monoisotopic (exact) mass is 391 g/mol. The summed E-state index contributed by atoms with van der Waals surface area (Å²) in [4.78, 5) is 12.4. The fourth-order valence-corrected chi connectivity index (χ4v) is 3.35. The molecule has 0 unspecified atom stereocenters. The van der Waals surface area contributed by atoms with E-state index in [9.17, 15) is 4.79 Å². The van der Waals surface area contributed by atoms with Crippen molar-refractivity contribution in [2.24, 2.45) is 0 Å². The third kappa shape index (κ3) is 5.20. The van der Waals surface area contributed by atoms with Gasteiger partial charge in [0.05, 0.1) is 12.2 Å².